The van der Waals surface area contributed by atoms with Gasteiger partial charge in [0.05, 0.1) is 11.0 Å². The molecule has 0 aliphatic carbocycles. The quantitative estimate of drug-likeness (QED) is 0.596. The summed E-state index contributed by atoms with van der Waals surface area (Å²) in [5.41, 5.74) is 9.83. The van der Waals surface area contributed by atoms with Gasteiger partial charge >= 0.3 is 0 Å². The van der Waals surface area contributed by atoms with Gasteiger partial charge in [-0.3, -0.25) is 4.90 Å². The number of benzene rings is 3. The van der Waals surface area contributed by atoms with Gasteiger partial charge in [0, 0.05) is 11.4 Å². The molecule has 0 saturated heterocycles. The van der Waals surface area contributed by atoms with Crippen LogP contribution in [0.5, 0.6) is 0 Å². The van der Waals surface area contributed by atoms with Crippen molar-refractivity contribution in [2.45, 2.75) is 0 Å². The normalized spacial score (nSPS) is 10.7. The summed E-state index contributed by atoms with van der Waals surface area (Å²) >= 11 is 0. The lowest BCUT2D eigenvalue weighted by Crippen LogP contribution is -2.14. The van der Waals surface area contributed by atoms with Crippen LogP contribution in [0.1, 0.15) is 0 Å². The Kier molecular flexibility index (Phi) is 3.56. The molecule has 1 heterocycles. The first-order valence-electron chi connectivity index (χ1n) is 7.75. The molecule has 3 aromatic carbocycles. The first kappa shape index (κ1) is 14.2. The van der Waals surface area contributed by atoms with E-state index in [9.17, 15) is 0 Å². The van der Waals surface area contributed by atoms with Crippen LogP contribution in [0.3, 0.4) is 0 Å². The molecule has 0 fully saturated rings. The Morgan fingerprint density at radius 2 is 1.04 bits per heavy atom. The second kappa shape index (κ2) is 6.01. The number of nitrogens with zero attached hydrogens (tertiary/aromatic N) is 3. The van der Waals surface area contributed by atoms with E-state index in [0.717, 1.165) is 22.4 Å². The molecule has 4 rings (SSSR count). The third-order valence-corrected chi connectivity index (χ3v) is 3.82. The number of aromatic nitrogens is 2. The molecule has 2 N–H and O–H groups in total. The van der Waals surface area contributed by atoms with Crippen molar-refractivity contribution >= 4 is 34.0 Å². The van der Waals surface area contributed by atoms with Crippen LogP contribution < -0.4 is 10.6 Å². The molecule has 0 saturated carbocycles. The van der Waals surface area contributed by atoms with Gasteiger partial charge in [0.1, 0.15) is 0 Å². The van der Waals surface area contributed by atoms with Crippen LogP contribution in [0.15, 0.2) is 84.9 Å². The van der Waals surface area contributed by atoms with Gasteiger partial charge in [0.2, 0.25) is 0 Å². The number of rotatable bonds is 3. The van der Waals surface area contributed by atoms with Gasteiger partial charge in [-0.05, 0) is 36.4 Å². The Morgan fingerprint density at radius 3 is 1.58 bits per heavy atom. The number of hydrogen-bond donors (Lipinski definition) is 1. The summed E-state index contributed by atoms with van der Waals surface area (Å²) < 4.78 is 0. The number of nitrogens with two attached hydrogens (primary N) is 1. The molecular formula is C20H16N4. The highest BCUT2D eigenvalue weighted by atomic mass is 15.2. The monoisotopic (exact) mass is 312 g/mol. The Bertz CT molecular complexity index is 929. The van der Waals surface area contributed by atoms with Crippen molar-refractivity contribution < 1.29 is 0 Å². The molecule has 1 aromatic heterocycles. The summed E-state index contributed by atoms with van der Waals surface area (Å²) in [4.78, 5) is 11.3. The lowest BCUT2D eigenvalue weighted by Gasteiger charge is -2.25. The molecule has 0 amide bonds. The van der Waals surface area contributed by atoms with E-state index in [1.54, 1.807) is 0 Å². The number of nitrogen functional groups attached to an aromatic ring is 1. The average molecular weight is 312 g/mol. The number of hydrogen-bond acceptors (Lipinski definition) is 4. The maximum atomic E-state index is 6.25. The third-order valence-electron chi connectivity index (χ3n) is 3.82. The van der Waals surface area contributed by atoms with Gasteiger partial charge in [-0.2, -0.15) is 0 Å². The van der Waals surface area contributed by atoms with Crippen LogP contribution in [0.2, 0.25) is 0 Å². The second-order valence-electron chi connectivity index (χ2n) is 5.43. The molecule has 4 nitrogen and oxygen atoms in total. The van der Waals surface area contributed by atoms with Crippen molar-refractivity contribution in [2.24, 2.45) is 0 Å². The van der Waals surface area contributed by atoms with Gasteiger partial charge in [-0.15, -0.1) is 0 Å². The van der Waals surface area contributed by atoms with E-state index in [4.69, 9.17) is 10.7 Å². The lowest BCUT2D eigenvalue weighted by atomic mass is 10.2. The fraction of sp³-hybridized carbons (Fsp3) is 0. The first-order valence-corrected chi connectivity index (χ1v) is 7.75. The summed E-state index contributed by atoms with van der Waals surface area (Å²) in [7, 11) is 0. The zero-order valence-corrected chi connectivity index (χ0v) is 13.0. The predicted molar refractivity (Wildman–Crippen MR) is 98.6 cm³/mol. The van der Waals surface area contributed by atoms with Gasteiger partial charge in [0.25, 0.3) is 0 Å². The highest BCUT2D eigenvalue weighted by Crippen LogP contribution is 2.36. The molecule has 0 aliphatic heterocycles. The summed E-state index contributed by atoms with van der Waals surface area (Å²) in [6.07, 6.45) is 0. The maximum absolute atomic E-state index is 6.25. The second-order valence-corrected chi connectivity index (χ2v) is 5.43. The molecule has 4 aromatic rings. The zero-order valence-electron chi connectivity index (χ0n) is 13.0. The van der Waals surface area contributed by atoms with Crippen LogP contribution in [-0.4, -0.2) is 9.97 Å². The Labute approximate surface area is 140 Å². The van der Waals surface area contributed by atoms with Crippen molar-refractivity contribution in [3.8, 4) is 0 Å². The minimum absolute atomic E-state index is 0.404. The highest BCUT2D eigenvalue weighted by molar-refractivity contribution is 5.85. The summed E-state index contributed by atoms with van der Waals surface area (Å²) in [6.45, 7) is 0. The van der Waals surface area contributed by atoms with Crippen LogP contribution in [0.4, 0.5) is 23.0 Å². The number of anilines is 4. The molecule has 0 aliphatic rings. The Hall–Kier alpha value is -3.40. The fourth-order valence-corrected chi connectivity index (χ4v) is 2.72. The highest BCUT2D eigenvalue weighted by Gasteiger charge is 2.17. The van der Waals surface area contributed by atoms with Crippen LogP contribution >= 0.6 is 0 Å². The Balaban J connectivity index is 1.96. The molecule has 24 heavy (non-hydrogen) atoms. The zero-order chi connectivity index (χ0) is 16.4. The van der Waals surface area contributed by atoms with Crippen molar-refractivity contribution in [1.29, 1.82) is 0 Å². The van der Waals surface area contributed by atoms with Gasteiger partial charge in [-0.25, -0.2) is 9.97 Å². The molecule has 0 bridgehead atoms. The molecule has 116 valence electrons. The standard InChI is InChI=1S/C20H16N4/c21-19-20(23-18-14-8-7-13-17(18)22-19)24(15-9-3-1-4-10-15)16-11-5-2-6-12-16/h1-14H,(H2,21,22). The topological polar surface area (TPSA) is 55.0 Å². The third kappa shape index (κ3) is 2.54. The van der Waals surface area contributed by atoms with Gasteiger partial charge < -0.3 is 5.73 Å². The van der Waals surface area contributed by atoms with Gasteiger partial charge in [-0.1, -0.05) is 48.5 Å². The summed E-state index contributed by atoms with van der Waals surface area (Å²) in [6, 6.07) is 27.8. The SMILES string of the molecule is Nc1nc2ccccc2nc1N(c1ccccc1)c1ccccc1. The fourth-order valence-electron chi connectivity index (χ4n) is 2.72. The molecule has 0 radical (unpaired) electrons. The summed E-state index contributed by atoms with van der Waals surface area (Å²) in [5.74, 6) is 1.03. The first-order chi connectivity index (χ1) is 11.8. The van der Waals surface area contributed by atoms with Crippen molar-refractivity contribution in [3.05, 3.63) is 84.9 Å². The molecule has 0 spiro atoms. The number of para-hydroxylation sites is 4. The summed E-state index contributed by atoms with van der Waals surface area (Å²) in [5, 5.41) is 0. The van der Waals surface area contributed by atoms with Crippen molar-refractivity contribution in [3.63, 3.8) is 0 Å². The molecule has 4 heteroatoms. The average Bonchev–Trinajstić information content (AvgIpc) is 2.64. The van der Waals surface area contributed by atoms with E-state index < -0.39 is 0 Å². The largest absolute Gasteiger partial charge is 0.381 e. The minimum atomic E-state index is 0.404. The van der Waals surface area contributed by atoms with E-state index >= 15 is 0 Å². The molecule has 0 unspecified atom stereocenters. The Morgan fingerprint density at radius 1 is 0.583 bits per heavy atom. The minimum Gasteiger partial charge on any atom is -0.381 e. The smallest absolute Gasteiger partial charge is 0.181 e. The van der Waals surface area contributed by atoms with Crippen LogP contribution in [0.25, 0.3) is 11.0 Å². The van der Waals surface area contributed by atoms with Crippen molar-refractivity contribution in [1.82, 2.24) is 9.97 Å². The van der Waals surface area contributed by atoms with Crippen LogP contribution in [-0.2, 0) is 0 Å². The van der Waals surface area contributed by atoms with E-state index in [0.29, 0.717) is 11.6 Å². The predicted octanol–water partition coefficient (Wildman–Crippen LogP) is 4.68. The maximum Gasteiger partial charge on any atom is 0.181 e. The van der Waals surface area contributed by atoms with Crippen LogP contribution in [0, 0.1) is 0 Å². The number of fused-ring (bicyclic) bond motifs is 1. The lowest BCUT2D eigenvalue weighted by molar-refractivity contribution is 1.18. The van der Waals surface area contributed by atoms with E-state index in [2.05, 4.69) is 4.98 Å². The van der Waals surface area contributed by atoms with Gasteiger partial charge in [0.15, 0.2) is 11.6 Å². The molecule has 0 atom stereocenters. The van der Waals surface area contributed by atoms with E-state index in [-0.39, 0.29) is 0 Å². The van der Waals surface area contributed by atoms with E-state index in [1.807, 2.05) is 89.8 Å². The molecular weight excluding hydrogens is 296 g/mol. The van der Waals surface area contributed by atoms with Crippen molar-refractivity contribution in [2.75, 3.05) is 10.6 Å². The van der Waals surface area contributed by atoms with E-state index in [1.165, 1.54) is 0 Å².